The first-order chi connectivity index (χ1) is 28.2. The van der Waals surface area contributed by atoms with Gasteiger partial charge >= 0.3 is 5.97 Å². The van der Waals surface area contributed by atoms with Crippen LogP contribution in [0.4, 0.5) is 11.4 Å². The molecule has 2 aliphatic rings. The number of benzene rings is 3. The van der Waals surface area contributed by atoms with Crippen LogP contribution in [0.25, 0.3) is 0 Å². The van der Waals surface area contributed by atoms with Crippen LogP contribution in [0.3, 0.4) is 0 Å². The first kappa shape index (κ1) is 43.0. The molecule has 0 unspecified atom stereocenters. The average molecular weight is 804 g/mol. The molecule has 3 aromatic carbocycles. The number of carbonyl (C=O) groups excluding carboxylic acids is 1. The van der Waals surface area contributed by atoms with Crippen molar-refractivity contribution >= 4 is 17.3 Å². The number of aliphatic hydroxyl groups excluding tert-OH is 3. The quantitative estimate of drug-likeness (QED) is 0.0743. The van der Waals surface area contributed by atoms with Gasteiger partial charge in [-0.3, -0.25) is 0 Å². The number of carbonyl (C=O) groups is 1. The third kappa shape index (κ3) is 9.97. The number of ether oxygens (including phenoxy) is 6. The second-order valence-electron chi connectivity index (χ2n) is 14.2. The molecule has 1 saturated heterocycles. The van der Waals surface area contributed by atoms with Gasteiger partial charge in [-0.1, -0.05) is 35.5 Å². The van der Waals surface area contributed by atoms with Crippen molar-refractivity contribution in [2.75, 3.05) is 69.0 Å². The van der Waals surface area contributed by atoms with Gasteiger partial charge in [-0.25, -0.2) is 9.48 Å². The maximum absolute atomic E-state index is 13.7. The Hall–Kier alpha value is -4.61. The molecule has 3 heterocycles. The summed E-state index contributed by atoms with van der Waals surface area (Å²) in [5, 5.41) is 38.1. The zero-order valence-electron chi connectivity index (χ0n) is 34.0. The van der Waals surface area contributed by atoms with Gasteiger partial charge < -0.3 is 53.5 Å². The van der Waals surface area contributed by atoms with E-state index >= 15 is 0 Å². The summed E-state index contributed by atoms with van der Waals surface area (Å²) in [4.78, 5) is 18.2. The number of esters is 1. The molecule has 5 atom stereocenters. The summed E-state index contributed by atoms with van der Waals surface area (Å²) in [7, 11) is 0. The Kier molecular flexibility index (Phi) is 15.1. The molecule has 0 spiro atoms. The number of rotatable bonds is 20. The lowest BCUT2D eigenvalue weighted by Crippen LogP contribution is -2.57. The molecule has 15 nitrogen and oxygen atoms in total. The average Bonchev–Trinajstić information content (AvgIpc) is 3.70. The molecule has 1 fully saturated rings. The third-order valence-corrected chi connectivity index (χ3v) is 10.7. The number of anilines is 2. The van der Waals surface area contributed by atoms with E-state index < -0.39 is 36.7 Å². The molecule has 314 valence electrons. The Bertz CT molecular complexity index is 1870. The molecule has 2 aliphatic heterocycles. The lowest BCUT2D eigenvalue weighted by molar-refractivity contribution is -0.296. The number of fused-ring (bicyclic) bond motifs is 2. The van der Waals surface area contributed by atoms with Crippen LogP contribution >= 0.6 is 0 Å². The van der Waals surface area contributed by atoms with Crippen LogP contribution in [0, 0.1) is 0 Å². The van der Waals surface area contributed by atoms with Crippen molar-refractivity contribution in [2.45, 2.75) is 84.4 Å². The van der Waals surface area contributed by atoms with E-state index in [0.29, 0.717) is 37.6 Å². The first-order valence-corrected chi connectivity index (χ1v) is 20.2. The molecule has 6 rings (SSSR count). The highest BCUT2D eigenvalue weighted by Crippen LogP contribution is 2.50. The molecule has 0 amide bonds. The molecule has 15 heteroatoms. The fourth-order valence-electron chi connectivity index (χ4n) is 7.41. The molecule has 58 heavy (non-hydrogen) atoms. The minimum absolute atomic E-state index is 0.00445. The van der Waals surface area contributed by atoms with Crippen LogP contribution in [0.5, 0.6) is 11.5 Å². The van der Waals surface area contributed by atoms with E-state index in [-0.39, 0.29) is 25.7 Å². The first-order valence-electron chi connectivity index (χ1n) is 20.2. The van der Waals surface area contributed by atoms with Crippen molar-refractivity contribution in [1.82, 2.24) is 15.0 Å². The van der Waals surface area contributed by atoms with Gasteiger partial charge in [0.1, 0.15) is 42.1 Å². The van der Waals surface area contributed by atoms with Crippen LogP contribution in [0.15, 0.2) is 66.9 Å². The summed E-state index contributed by atoms with van der Waals surface area (Å²) in [5.41, 5.74) is 5.99. The molecular weight excluding hydrogens is 746 g/mol. The summed E-state index contributed by atoms with van der Waals surface area (Å²) in [5.74, 6) is 0.889. The van der Waals surface area contributed by atoms with Crippen LogP contribution in [0.1, 0.15) is 73.3 Å². The van der Waals surface area contributed by atoms with Crippen LogP contribution in [-0.2, 0) is 36.8 Å². The van der Waals surface area contributed by atoms with Gasteiger partial charge in [-0.15, -0.1) is 5.10 Å². The van der Waals surface area contributed by atoms with Gasteiger partial charge in [0, 0.05) is 66.7 Å². The van der Waals surface area contributed by atoms with Crippen LogP contribution in [0.2, 0.25) is 0 Å². The number of hydrogen-bond donors (Lipinski definition) is 3. The summed E-state index contributed by atoms with van der Waals surface area (Å²) in [6.07, 6.45) is -4.08. The Morgan fingerprint density at radius 1 is 0.759 bits per heavy atom. The number of hydrogen-bond acceptors (Lipinski definition) is 14. The fourth-order valence-corrected chi connectivity index (χ4v) is 7.41. The van der Waals surface area contributed by atoms with E-state index in [1.807, 2.05) is 24.3 Å². The maximum Gasteiger partial charge on any atom is 0.338 e. The minimum atomic E-state index is -1.39. The minimum Gasteiger partial charge on any atom is -0.460 e. The molecular formula is C43H57N5O10. The second kappa shape index (κ2) is 20.4. The van der Waals surface area contributed by atoms with E-state index in [0.717, 1.165) is 65.7 Å². The summed E-state index contributed by atoms with van der Waals surface area (Å²) < 4.78 is 36.4. The topological polar surface area (TPSA) is 170 Å². The van der Waals surface area contributed by atoms with Gasteiger partial charge in [0.15, 0.2) is 6.29 Å². The zero-order chi connectivity index (χ0) is 41.2. The summed E-state index contributed by atoms with van der Waals surface area (Å²) >= 11 is 0. The lowest BCUT2D eigenvalue weighted by atomic mass is 9.80. The van der Waals surface area contributed by atoms with Gasteiger partial charge in [0.05, 0.1) is 57.4 Å². The molecule has 0 saturated carbocycles. The van der Waals surface area contributed by atoms with E-state index in [1.54, 1.807) is 17.8 Å². The molecule has 0 aliphatic carbocycles. The summed E-state index contributed by atoms with van der Waals surface area (Å²) in [6.45, 7) is 15.4. The van der Waals surface area contributed by atoms with Gasteiger partial charge in [-0.05, 0) is 58.4 Å². The van der Waals surface area contributed by atoms with Crippen molar-refractivity contribution in [1.29, 1.82) is 0 Å². The standard InChI is InChI=1S/C43H57N5O10/c1-6-46(7-2)30-14-16-34-36(24-30)58-37-25-31(47(8-3)9-4)15-17-35(37)38(34)32-12-10-11-13-33(32)42(52)55-23-22-54-21-20-53-19-18-48-26-29(44-45-48)27-56-43-41(51)40(50)39(49)28(5)57-43/h10-17,24-26,28,38-41,43,49-51H,6-9,18-23,27H2,1-5H3/t28-,39+,40+,41-,43+/m0/s1. The largest absolute Gasteiger partial charge is 0.460 e. The monoisotopic (exact) mass is 803 g/mol. The van der Waals surface area contributed by atoms with Gasteiger partial charge in [-0.2, -0.15) is 0 Å². The Morgan fingerprint density at radius 2 is 1.36 bits per heavy atom. The smallest absolute Gasteiger partial charge is 0.338 e. The normalized spacial score (nSPS) is 20.2. The van der Waals surface area contributed by atoms with E-state index in [2.05, 4.69) is 84.2 Å². The van der Waals surface area contributed by atoms with Gasteiger partial charge in [0.2, 0.25) is 0 Å². The number of aliphatic hydroxyl groups is 3. The Balaban J connectivity index is 0.993. The molecule has 0 bridgehead atoms. The highest BCUT2D eigenvalue weighted by molar-refractivity contribution is 5.92. The van der Waals surface area contributed by atoms with E-state index in [4.69, 9.17) is 28.4 Å². The maximum atomic E-state index is 13.7. The van der Waals surface area contributed by atoms with E-state index in [9.17, 15) is 20.1 Å². The fraction of sp³-hybridized carbons (Fsp3) is 0.512. The number of aromatic nitrogens is 3. The van der Waals surface area contributed by atoms with E-state index in [1.165, 1.54) is 0 Å². The van der Waals surface area contributed by atoms with Crippen molar-refractivity contribution in [2.24, 2.45) is 0 Å². The van der Waals surface area contributed by atoms with Crippen molar-refractivity contribution in [3.8, 4) is 11.5 Å². The molecule has 0 radical (unpaired) electrons. The predicted molar refractivity (Wildman–Crippen MR) is 217 cm³/mol. The third-order valence-electron chi connectivity index (χ3n) is 10.7. The highest BCUT2D eigenvalue weighted by Gasteiger charge is 2.42. The summed E-state index contributed by atoms with van der Waals surface area (Å²) in [6, 6.07) is 20.3. The second-order valence-corrected chi connectivity index (χ2v) is 14.2. The lowest BCUT2D eigenvalue weighted by Gasteiger charge is -2.38. The molecule has 3 N–H and O–H groups in total. The van der Waals surface area contributed by atoms with Gasteiger partial charge in [0.25, 0.3) is 0 Å². The SMILES string of the molecule is CCN(CC)c1ccc2c(c1)Oc1cc(N(CC)CC)ccc1C2c1ccccc1C(=O)OCCOCCOCCn1cc(CO[C@@H]2O[C@@H](C)[C@@H](O)[C@@H](O)[C@@H]2O)nn1. The number of nitrogens with zero attached hydrogens (tertiary/aromatic N) is 5. The van der Waals surface area contributed by atoms with Crippen molar-refractivity contribution < 1.29 is 48.5 Å². The Labute approximate surface area is 340 Å². The van der Waals surface area contributed by atoms with Crippen LogP contribution < -0.4 is 14.5 Å². The van der Waals surface area contributed by atoms with Crippen molar-refractivity contribution in [3.05, 3.63) is 94.8 Å². The molecule has 4 aromatic rings. The van der Waals surface area contributed by atoms with Crippen molar-refractivity contribution in [3.63, 3.8) is 0 Å². The predicted octanol–water partition coefficient (Wildman–Crippen LogP) is 4.49. The van der Waals surface area contributed by atoms with Crippen LogP contribution in [-0.4, -0.2) is 126 Å². The Morgan fingerprint density at radius 3 is 2.00 bits per heavy atom. The zero-order valence-corrected chi connectivity index (χ0v) is 34.0. The highest BCUT2D eigenvalue weighted by atomic mass is 16.7. The molecule has 1 aromatic heterocycles.